The highest BCUT2D eigenvalue weighted by Gasteiger charge is 2.49. The molecule has 0 unspecified atom stereocenters. The summed E-state index contributed by atoms with van der Waals surface area (Å²) < 4.78 is 3.37. The maximum absolute atomic E-state index is 12.2. The van der Waals surface area contributed by atoms with Gasteiger partial charge in [0.05, 0.1) is 18.2 Å². The standard InChI is InChI=1S/C13H18N6O2/c1-7-9(5-15-18(7)4)11-10(8(2)20)13(3,21)17-12-14-6-16-19(11)12/h5-6,10-11,21H,1-4H3,(H,14,16,17)/t10-,11+,13+/m1/s1. The summed E-state index contributed by atoms with van der Waals surface area (Å²) in [7, 11) is 1.84. The Morgan fingerprint density at radius 2 is 2.19 bits per heavy atom. The molecule has 0 saturated heterocycles. The third-order valence-corrected chi connectivity index (χ3v) is 4.15. The van der Waals surface area contributed by atoms with Crippen LogP contribution in [0.2, 0.25) is 0 Å². The minimum absolute atomic E-state index is 0.123. The Balaban J connectivity index is 2.23. The monoisotopic (exact) mass is 290 g/mol. The van der Waals surface area contributed by atoms with Crippen molar-refractivity contribution in [1.29, 1.82) is 0 Å². The number of rotatable bonds is 2. The lowest BCUT2D eigenvalue weighted by atomic mass is 9.81. The summed E-state index contributed by atoms with van der Waals surface area (Å²) in [5.74, 6) is -0.373. The minimum Gasteiger partial charge on any atom is -0.370 e. The van der Waals surface area contributed by atoms with Gasteiger partial charge in [-0.2, -0.15) is 15.2 Å². The molecule has 0 spiro atoms. The van der Waals surface area contributed by atoms with Crippen molar-refractivity contribution < 1.29 is 9.90 Å². The van der Waals surface area contributed by atoms with E-state index in [9.17, 15) is 9.90 Å². The predicted molar refractivity (Wildman–Crippen MR) is 74.5 cm³/mol. The smallest absolute Gasteiger partial charge is 0.223 e. The average molecular weight is 290 g/mol. The normalized spacial score (nSPS) is 28.0. The topological polar surface area (TPSA) is 97.9 Å². The van der Waals surface area contributed by atoms with Gasteiger partial charge >= 0.3 is 0 Å². The number of aliphatic hydroxyl groups is 1. The van der Waals surface area contributed by atoms with Gasteiger partial charge in [-0.1, -0.05) is 0 Å². The van der Waals surface area contributed by atoms with Crippen LogP contribution in [0.5, 0.6) is 0 Å². The Hall–Kier alpha value is -2.22. The van der Waals surface area contributed by atoms with E-state index in [4.69, 9.17) is 0 Å². The zero-order chi connectivity index (χ0) is 15.4. The second-order valence-corrected chi connectivity index (χ2v) is 5.64. The molecule has 21 heavy (non-hydrogen) atoms. The van der Waals surface area contributed by atoms with Crippen molar-refractivity contribution in [1.82, 2.24) is 24.5 Å². The Labute approximate surface area is 121 Å². The fraction of sp³-hybridized carbons (Fsp3) is 0.538. The summed E-state index contributed by atoms with van der Waals surface area (Å²) in [6, 6.07) is -0.440. The predicted octanol–water partition coefficient (Wildman–Crippen LogP) is 0.249. The Bertz CT molecular complexity index is 701. The van der Waals surface area contributed by atoms with Crippen LogP contribution >= 0.6 is 0 Å². The van der Waals surface area contributed by atoms with Gasteiger partial charge in [0.25, 0.3) is 0 Å². The van der Waals surface area contributed by atoms with Crippen LogP contribution in [-0.4, -0.2) is 41.2 Å². The number of Topliss-reactive ketones (excluding diaryl/α,β-unsaturated/α-hetero) is 1. The van der Waals surface area contributed by atoms with Crippen LogP contribution < -0.4 is 5.32 Å². The number of anilines is 1. The van der Waals surface area contributed by atoms with Crippen LogP contribution in [0.3, 0.4) is 0 Å². The highest BCUT2D eigenvalue weighted by Crippen LogP contribution is 2.41. The van der Waals surface area contributed by atoms with Crippen LogP contribution in [0.1, 0.15) is 31.1 Å². The molecule has 2 aromatic heterocycles. The molecule has 1 aliphatic heterocycles. The Morgan fingerprint density at radius 1 is 1.48 bits per heavy atom. The van der Waals surface area contributed by atoms with E-state index in [0.717, 1.165) is 11.3 Å². The van der Waals surface area contributed by atoms with Crippen LogP contribution in [0.25, 0.3) is 0 Å². The zero-order valence-corrected chi connectivity index (χ0v) is 12.4. The lowest BCUT2D eigenvalue weighted by Gasteiger charge is -2.41. The van der Waals surface area contributed by atoms with Crippen molar-refractivity contribution in [3.63, 3.8) is 0 Å². The molecule has 3 heterocycles. The van der Waals surface area contributed by atoms with E-state index in [-0.39, 0.29) is 5.78 Å². The SMILES string of the molecule is CC(=O)[C@@H]1[C@H](c2cnn(C)c2C)n2ncnc2N[C@@]1(C)O. The number of nitrogens with one attached hydrogen (secondary N) is 1. The van der Waals surface area contributed by atoms with Gasteiger partial charge in [0.1, 0.15) is 17.8 Å². The van der Waals surface area contributed by atoms with Gasteiger partial charge in [0.15, 0.2) is 0 Å². The second-order valence-electron chi connectivity index (χ2n) is 5.64. The van der Waals surface area contributed by atoms with Crippen molar-refractivity contribution >= 4 is 11.7 Å². The fourth-order valence-electron chi connectivity index (χ4n) is 3.03. The maximum Gasteiger partial charge on any atom is 0.223 e. The third kappa shape index (κ3) is 1.94. The first-order valence-electron chi connectivity index (χ1n) is 6.72. The molecule has 2 aromatic rings. The van der Waals surface area contributed by atoms with Crippen molar-refractivity contribution in [2.75, 3.05) is 5.32 Å². The molecule has 3 rings (SSSR count). The van der Waals surface area contributed by atoms with Crippen molar-refractivity contribution in [3.05, 3.63) is 23.8 Å². The van der Waals surface area contributed by atoms with E-state index < -0.39 is 17.7 Å². The van der Waals surface area contributed by atoms with E-state index in [2.05, 4.69) is 20.5 Å². The summed E-state index contributed by atoms with van der Waals surface area (Å²) in [5.41, 5.74) is 0.374. The van der Waals surface area contributed by atoms with Crippen molar-refractivity contribution in [2.24, 2.45) is 13.0 Å². The van der Waals surface area contributed by atoms with E-state index in [1.165, 1.54) is 13.3 Å². The van der Waals surface area contributed by atoms with Gasteiger partial charge in [-0.25, -0.2) is 4.68 Å². The highest BCUT2D eigenvalue weighted by molar-refractivity contribution is 5.81. The minimum atomic E-state index is -1.40. The quantitative estimate of drug-likeness (QED) is 0.822. The number of nitrogens with zero attached hydrogens (tertiary/aromatic N) is 5. The number of ketones is 1. The summed E-state index contributed by atoms with van der Waals surface area (Å²) in [4.78, 5) is 16.3. The zero-order valence-electron chi connectivity index (χ0n) is 12.4. The van der Waals surface area contributed by atoms with Gasteiger partial charge in [0, 0.05) is 18.3 Å². The molecule has 0 aliphatic carbocycles. The van der Waals surface area contributed by atoms with E-state index >= 15 is 0 Å². The summed E-state index contributed by atoms with van der Waals surface area (Å²) in [6.07, 6.45) is 3.11. The summed E-state index contributed by atoms with van der Waals surface area (Å²) >= 11 is 0. The number of fused-ring (bicyclic) bond motifs is 1. The van der Waals surface area contributed by atoms with Crippen LogP contribution in [0.15, 0.2) is 12.5 Å². The van der Waals surface area contributed by atoms with Gasteiger partial charge in [-0.15, -0.1) is 0 Å². The largest absolute Gasteiger partial charge is 0.370 e. The molecular weight excluding hydrogens is 272 g/mol. The first kappa shape index (κ1) is 13.7. The lowest BCUT2D eigenvalue weighted by molar-refractivity contribution is -0.130. The molecule has 2 N–H and O–H groups in total. The molecule has 3 atom stereocenters. The molecule has 8 nitrogen and oxygen atoms in total. The maximum atomic E-state index is 12.2. The molecular formula is C13H18N6O2. The number of aromatic nitrogens is 5. The van der Waals surface area contributed by atoms with E-state index in [0.29, 0.717) is 5.95 Å². The van der Waals surface area contributed by atoms with Crippen LogP contribution in [-0.2, 0) is 11.8 Å². The molecule has 0 fully saturated rings. The second kappa shape index (κ2) is 4.39. The number of carbonyl (C=O) groups excluding carboxylic acids is 1. The number of hydrogen-bond acceptors (Lipinski definition) is 6. The number of aryl methyl sites for hydroxylation is 1. The number of hydrogen-bond donors (Lipinski definition) is 2. The fourth-order valence-corrected chi connectivity index (χ4v) is 3.03. The molecule has 0 saturated carbocycles. The van der Waals surface area contributed by atoms with Crippen molar-refractivity contribution in [2.45, 2.75) is 32.5 Å². The third-order valence-electron chi connectivity index (χ3n) is 4.15. The van der Waals surface area contributed by atoms with Crippen molar-refractivity contribution in [3.8, 4) is 0 Å². The molecule has 0 amide bonds. The Morgan fingerprint density at radius 3 is 2.76 bits per heavy atom. The van der Waals surface area contributed by atoms with Gasteiger partial charge in [-0.05, 0) is 20.8 Å². The first-order chi connectivity index (χ1) is 9.83. The number of carbonyl (C=O) groups is 1. The average Bonchev–Trinajstić information content (AvgIpc) is 2.94. The van der Waals surface area contributed by atoms with Crippen LogP contribution in [0, 0.1) is 12.8 Å². The van der Waals surface area contributed by atoms with Gasteiger partial charge in [-0.3, -0.25) is 9.48 Å². The van der Waals surface area contributed by atoms with E-state index in [1.807, 2.05) is 14.0 Å². The van der Waals surface area contributed by atoms with Gasteiger partial charge < -0.3 is 10.4 Å². The molecule has 112 valence electrons. The summed E-state index contributed by atoms with van der Waals surface area (Å²) in [6.45, 7) is 4.98. The van der Waals surface area contributed by atoms with Gasteiger partial charge in [0.2, 0.25) is 5.95 Å². The van der Waals surface area contributed by atoms with Crippen LogP contribution in [0.4, 0.5) is 5.95 Å². The molecule has 0 radical (unpaired) electrons. The Kier molecular flexibility index (Phi) is 2.87. The first-order valence-corrected chi connectivity index (χ1v) is 6.72. The molecule has 0 aromatic carbocycles. The van der Waals surface area contributed by atoms with E-state index in [1.54, 1.807) is 22.5 Å². The lowest BCUT2D eigenvalue weighted by Crippen LogP contribution is -2.54. The molecule has 8 heteroatoms. The molecule has 1 aliphatic rings. The summed E-state index contributed by atoms with van der Waals surface area (Å²) in [5, 5.41) is 22.0. The highest BCUT2D eigenvalue weighted by atomic mass is 16.3. The molecule has 0 bridgehead atoms.